The number of amides is 2. The van der Waals surface area contributed by atoms with Crippen LogP contribution in [0.2, 0.25) is 0 Å². The van der Waals surface area contributed by atoms with Crippen molar-refractivity contribution in [2.45, 2.75) is 30.2 Å². The molecule has 34 heavy (non-hydrogen) atoms. The van der Waals surface area contributed by atoms with Crippen LogP contribution in [0.1, 0.15) is 11.5 Å². The van der Waals surface area contributed by atoms with Crippen LogP contribution >= 0.6 is 15.9 Å². The standard InChI is InChI=1S/C25H33BrN4O4/c1-28(2)12-20-24(16-4-6-17(26)7-5-16)21-13-29(14-22(31)23(32)15-30(20)21)25(33)27-18-8-10-19(34-3)11-9-18/h4-11,20-24,31-32H,12-15H2,1-3H3,(H,27,33)/t20-,21+,22+,23-,24+/m1/s1. The summed E-state index contributed by atoms with van der Waals surface area (Å²) >= 11 is 3.52. The average Bonchev–Trinajstić information content (AvgIpc) is 2.81. The number of ether oxygens (including phenoxy) is 1. The number of rotatable bonds is 5. The molecule has 4 rings (SSSR count). The van der Waals surface area contributed by atoms with E-state index >= 15 is 0 Å². The van der Waals surface area contributed by atoms with Crippen LogP contribution < -0.4 is 10.1 Å². The van der Waals surface area contributed by atoms with E-state index in [0.29, 0.717) is 24.5 Å². The Morgan fingerprint density at radius 3 is 2.32 bits per heavy atom. The quantitative estimate of drug-likeness (QED) is 0.548. The van der Waals surface area contributed by atoms with Crippen molar-refractivity contribution in [3.8, 4) is 5.75 Å². The third kappa shape index (κ3) is 5.39. The Kier molecular flexibility index (Phi) is 7.79. The highest BCUT2D eigenvalue weighted by Gasteiger charge is 2.51. The van der Waals surface area contributed by atoms with Crippen LogP contribution in [0.25, 0.3) is 0 Å². The second-order valence-electron chi connectivity index (χ2n) is 9.37. The second-order valence-corrected chi connectivity index (χ2v) is 10.3. The summed E-state index contributed by atoms with van der Waals surface area (Å²) in [4.78, 5) is 19.2. The number of hydrogen-bond donors (Lipinski definition) is 3. The third-order valence-corrected chi connectivity index (χ3v) is 7.30. The van der Waals surface area contributed by atoms with Gasteiger partial charge >= 0.3 is 6.03 Å². The van der Waals surface area contributed by atoms with Gasteiger partial charge in [0, 0.05) is 47.8 Å². The molecule has 2 saturated heterocycles. The maximum Gasteiger partial charge on any atom is 0.321 e. The van der Waals surface area contributed by atoms with Crippen LogP contribution in [0.3, 0.4) is 0 Å². The molecule has 9 heteroatoms. The molecule has 184 valence electrons. The van der Waals surface area contributed by atoms with E-state index in [2.05, 4.69) is 43.2 Å². The first kappa shape index (κ1) is 24.9. The number of carbonyl (C=O) groups excluding carboxylic acids is 1. The van der Waals surface area contributed by atoms with Gasteiger partial charge in [0.2, 0.25) is 0 Å². The number of β-amino-alcohol motifs (C(OH)–C–C–N with tert-alkyl or cyclic N) is 1. The number of hydrogen-bond acceptors (Lipinski definition) is 6. The largest absolute Gasteiger partial charge is 0.497 e. The van der Waals surface area contributed by atoms with Crippen molar-refractivity contribution in [1.82, 2.24) is 14.7 Å². The lowest BCUT2D eigenvalue weighted by atomic mass is 9.73. The van der Waals surface area contributed by atoms with Gasteiger partial charge in [-0.2, -0.15) is 0 Å². The minimum Gasteiger partial charge on any atom is -0.497 e. The molecule has 2 aliphatic heterocycles. The number of anilines is 1. The first-order chi connectivity index (χ1) is 16.3. The number of aliphatic hydroxyl groups is 2. The summed E-state index contributed by atoms with van der Waals surface area (Å²) in [6.07, 6.45) is -1.95. The van der Waals surface area contributed by atoms with Crippen molar-refractivity contribution in [3.05, 3.63) is 58.6 Å². The number of nitrogens with zero attached hydrogens (tertiary/aromatic N) is 3. The number of benzene rings is 2. The Bertz CT molecular complexity index is 972. The fourth-order valence-corrected chi connectivity index (χ4v) is 5.32. The fraction of sp³-hybridized carbons (Fsp3) is 0.480. The monoisotopic (exact) mass is 532 g/mol. The summed E-state index contributed by atoms with van der Waals surface area (Å²) in [5.74, 6) is 0.909. The molecule has 2 aromatic carbocycles. The van der Waals surface area contributed by atoms with Gasteiger partial charge in [-0.15, -0.1) is 0 Å². The Morgan fingerprint density at radius 2 is 1.71 bits per heavy atom. The number of carbonyl (C=O) groups is 1. The van der Waals surface area contributed by atoms with E-state index < -0.39 is 12.2 Å². The molecule has 0 unspecified atom stereocenters. The van der Waals surface area contributed by atoms with Crippen molar-refractivity contribution >= 4 is 27.6 Å². The molecule has 3 N–H and O–H groups in total. The molecule has 5 atom stereocenters. The van der Waals surface area contributed by atoms with Crippen molar-refractivity contribution in [2.75, 3.05) is 52.7 Å². The molecule has 0 radical (unpaired) electrons. The van der Waals surface area contributed by atoms with Crippen molar-refractivity contribution < 1.29 is 19.7 Å². The number of likely N-dealkylation sites (N-methyl/N-ethyl adjacent to an activating group) is 1. The molecule has 2 aromatic rings. The Labute approximate surface area is 209 Å². The Hall–Kier alpha value is -2.17. The molecule has 0 aromatic heterocycles. The zero-order valence-electron chi connectivity index (χ0n) is 19.8. The molecule has 0 saturated carbocycles. The molecule has 0 aliphatic carbocycles. The summed E-state index contributed by atoms with van der Waals surface area (Å²) in [7, 11) is 5.67. The van der Waals surface area contributed by atoms with Crippen LogP contribution in [-0.4, -0.2) is 103 Å². The third-order valence-electron chi connectivity index (χ3n) is 6.77. The van der Waals surface area contributed by atoms with Gasteiger partial charge in [0.25, 0.3) is 0 Å². The number of aliphatic hydroxyl groups excluding tert-OH is 2. The van der Waals surface area contributed by atoms with Gasteiger partial charge in [0.1, 0.15) is 5.75 Å². The molecule has 2 aliphatic rings. The van der Waals surface area contributed by atoms with Gasteiger partial charge in [-0.3, -0.25) is 4.90 Å². The van der Waals surface area contributed by atoms with Gasteiger partial charge in [0.05, 0.1) is 25.9 Å². The average molecular weight is 533 g/mol. The first-order valence-electron chi connectivity index (χ1n) is 11.5. The highest BCUT2D eigenvalue weighted by Crippen LogP contribution is 2.42. The van der Waals surface area contributed by atoms with Gasteiger partial charge in [-0.1, -0.05) is 28.1 Å². The van der Waals surface area contributed by atoms with Crippen LogP contribution in [0.15, 0.2) is 53.0 Å². The zero-order chi connectivity index (χ0) is 24.4. The minimum absolute atomic E-state index is 0.0369. The normalized spacial score (nSPS) is 27.4. The lowest BCUT2D eigenvalue weighted by Crippen LogP contribution is -2.71. The van der Waals surface area contributed by atoms with Crippen LogP contribution in [0.4, 0.5) is 10.5 Å². The Balaban J connectivity index is 1.58. The van der Waals surface area contributed by atoms with E-state index in [1.807, 2.05) is 26.2 Å². The maximum atomic E-state index is 13.2. The maximum absolute atomic E-state index is 13.2. The summed E-state index contributed by atoms with van der Waals surface area (Å²) in [6, 6.07) is 15.4. The summed E-state index contributed by atoms with van der Waals surface area (Å²) in [6.45, 7) is 1.72. The van der Waals surface area contributed by atoms with Gasteiger partial charge in [-0.25, -0.2) is 4.79 Å². The zero-order valence-corrected chi connectivity index (χ0v) is 21.4. The molecular formula is C25H33BrN4O4. The summed E-state index contributed by atoms with van der Waals surface area (Å²) < 4.78 is 6.20. The number of nitrogens with one attached hydrogen (secondary N) is 1. The smallest absolute Gasteiger partial charge is 0.321 e. The lowest BCUT2D eigenvalue weighted by molar-refractivity contribution is -0.105. The van der Waals surface area contributed by atoms with Crippen molar-refractivity contribution in [1.29, 1.82) is 0 Å². The predicted octanol–water partition coefficient (Wildman–Crippen LogP) is 2.43. The number of halogens is 1. The molecular weight excluding hydrogens is 500 g/mol. The number of fused-ring (bicyclic) bond motifs is 1. The summed E-state index contributed by atoms with van der Waals surface area (Å²) in [5, 5.41) is 24.2. The second kappa shape index (κ2) is 10.6. The van der Waals surface area contributed by atoms with E-state index in [4.69, 9.17) is 4.74 Å². The number of methoxy groups -OCH3 is 1. The predicted molar refractivity (Wildman–Crippen MR) is 135 cm³/mol. The molecule has 2 amide bonds. The molecule has 2 fully saturated rings. The minimum atomic E-state index is -1.02. The Morgan fingerprint density at radius 1 is 1.06 bits per heavy atom. The number of urea groups is 1. The van der Waals surface area contributed by atoms with Gasteiger partial charge < -0.3 is 30.1 Å². The molecule has 0 bridgehead atoms. The first-order valence-corrected chi connectivity index (χ1v) is 12.3. The lowest BCUT2D eigenvalue weighted by Gasteiger charge is -2.59. The van der Waals surface area contributed by atoms with Crippen molar-refractivity contribution in [3.63, 3.8) is 0 Å². The molecule has 2 heterocycles. The van der Waals surface area contributed by atoms with Crippen LogP contribution in [-0.2, 0) is 0 Å². The van der Waals surface area contributed by atoms with E-state index in [9.17, 15) is 15.0 Å². The fourth-order valence-electron chi connectivity index (χ4n) is 5.05. The summed E-state index contributed by atoms with van der Waals surface area (Å²) in [5.41, 5.74) is 1.85. The molecule has 8 nitrogen and oxygen atoms in total. The topological polar surface area (TPSA) is 88.5 Å². The SMILES string of the molecule is COc1ccc(NC(=O)N2C[C@H](O)[C@H](O)CN3[C@H](CN(C)C)[C@H](c4ccc(Br)cc4)[C@@H]3C2)cc1. The van der Waals surface area contributed by atoms with E-state index in [-0.39, 0.29) is 30.6 Å². The van der Waals surface area contributed by atoms with E-state index in [1.165, 1.54) is 5.56 Å². The highest BCUT2D eigenvalue weighted by atomic mass is 79.9. The van der Waals surface area contributed by atoms with E-state index in [1.54, 1.807) is 36.3 Å². The van der Waals surface area contributed by atoms with Crippen LogP contribution in [0, 0.1) is 0 Å². The highest BCUT2D eigenvalue weighted by molar-refractivity contribution is 9.10. The molecule has 0 spiro atoms. The van der Waals surface area contributed by atoms with E-state index in [0.717, 1.165) is 11.0 Å². The van der Waals surface area contributed by atoms with Gasteiger partial charge in [0.15, 0.2) is 0 Å². The van der Waals surface area contributed by atoms with Crippen LogP contribution in [0.5, 0.6) is 5.75 Å². The van der Waals surface area contributed by atoms with Gasteiger partial charge in [-0.05, 0) is 56.1 Å². The van der Waals surface area contributed by atoms with Crippen molar-refractivity contribution in [2.24, 2.45) is 0 Å².